The first-order valence-corrected chi connectivity index (χ1v) is 6.51. The molecule has 1 aromatic carbocycles. The van der Waals surface area contributed by atoms with E-state index in [1.54, 1.807) is 13.0 Å². The van der Waals surface area contributed by atoms with Gasteiger partial charge in [0.1, 0.15) is 5.60 Å². The zero-order chi connectivity index (χ0) is 13.4. The summed E-state index contributed by atoms with van der Waals surface area (Å²) in [7, 11) is 0. The van der Waals surface area contributed by atoms with Crippen LogP contribution in [0.25, 0.3) is 0 Å². The third-order valence-electron chi connectivity index (χ3n) is 3.59. The molecule has 1 saturated heterocycles. The predicted molar refractivity (Wildman–Crippen MR) is 69.5 cm³/mol. The number of esters is 1. The van der Waals surface area contributed by atoms with E-state index in [1.165, 1.54) is 0 Å². The maximum atomic E-state index is 12.1. The van der Waals surface area contributed by atoms with E-state index < -0.39 is 11.2 Å². The summed E-state index contributed by atoms with van der Waals surface area (Å²) < 4.78 is 10.9. The lowest BCUT2D eigenvalue weighted by molar-refractivity contribution is -0.149. The van der Waals surface area contributed by atoms with Gasteiger partial charge in [0, 0.05) is 5.02 Å². The van der Waals surface area contributed by atoms with E-state index in [2.05, 4.69) is 0 Å². The van der Waals surface area contributed by atoms with E-state index in [0.717, 1.165) is 5.56 Å². The molecule has 0 bridgehead atoms. The number of hydrogen-bond donors (Lipinski definition) is 0. The highest BCUT2D eigenvalue weighted by Crippen LogP contribution is 2.58. The summed E-state index contributed by atoms with van der Waals surface area (Å²) in [6.07, 6.45) is 0.578. The topological polar surface area (TPSA) is 38.8 Å². The minimum Gasteiger partial charge on any atom is -0.464 e. The number of benzene rings is 1. The summed E-state index contributed by atoms with van der Waals surface area (Å²) in [5.41, 5.74) is -0.600. The largest absolute Gasteiger partial charge is 0.464 e. The van der Waals surface area contributed by atoms with Crippen molar-refractivity contribution in [2.75, 3.05) is 6.61 Å². The molecule has 3 nitrogen and oxygen atoms in total. The Kier molecular flexibility index (Phi) is 3.39. The Labute approximate surface area is 112 Å². The molecule has 18 heavy (non-hydrogen) atoms. The maximum Gasteiger partial charge on any atom is 0.341 e. The van der Waals surface area contributed by atoms with Gasteiger partial charge >= 0.3 is 5.97 Å². The van der Waals surface area contributed by atoms with Crippen molar-refractivity contribution in [1.82, 2.24) is 0 Å². The molecule has 0 aromatic heterocycles. The fourth-order valence-electron chi connectivity index (χ4n) is 2.44. The molecule has 98 valence electrons. The van der Waals surface area contributed by atoms with E-state index in [9.17, 15) is 4.79 Å². The summed E-state index contributed by atoms with van der Waals surface area (Å²) in [6.45, 7) is 5.97. The van der Waals surface area contributed by atoms with Gasteiger partial charge in [-0.25, -0.2) is 4.79 Å². The first-order chi connectivity index (χ1) is 8.50. The van der Waals surface area contributed by atoms with E-state index in [1.807, 2.05) is 32.0 Å². The van der Waals surface area contributed by atoms with E-state index >= 15 is 0 Å². The van der Waals surface area contributed by atoms with Gasteiger partial charge in [-0.15, -0.1) is 0 Å². The van der Waals surface area contributed by atoms with Gasteiger partial charge in [0.2, 0.25) is 0 Å². The van der Waals surface area contributed by atoms with Crippen LogP contribution < -0.4 is 0 Å². The maximum absolute atomic E-state index is 12.1. The first kappa shape index (κ1) is 13.4. The van der Waals surface area contributed by atoms with Crippen LogP contribution in [0, 0.1) is 0 Å². The van der Waals surface area contributed by atoms with E-state index in [0.29, 0.717) is 18.1 Å². The van der Waals surface area contributed by atoms with Gasteiger partial charge in [-0.2, -0.15) is 0 Å². The molecule has 1 fully saturated rings. The van der Waals surface area contributed by atoms with Crippen molar-refractivity contribution in [3.8, 4) is 0 Å². The highest BCUT2D eigenvalue weighted by molar-refractivity contribution is 6.30. The van der Waals surface area contributed by atoms with Gasteiger partial charge in [0.05, 0.1) is 6.61 Å². The second kappa shape index (κ2) is 4.56. The minimum atomic E-state index is -0.867. The van der Waals surface area contributed by atoms with Gasteiger partial charge < -0.3 is 9.47 Å². The number of halogens is 1. The molecule has 0 amide bonds. The Balaban J connectivity index is 2.32. The number of rotatable bonds is 4. The van der Waals surface area contributed by atoms with Crippen LogP contribution in [0.3, 0.4) is 0 Å². The number of epoxide rings is 1. The third kappa shape index (κ3) is 1.82. The lowest BCUT2D eigenvalue weighted by Crippen LogP contribution is -2.32. The molecule has 0 saturated carbocycles. The second-order valence-electron chi connectivity index (χ2n) is 4.55. The Morgan fingerprint density at radius 1 is 1.44 bits per heavy atom. The van der Waals surface area contributed by atoms with Crippen LogP contribution >= 0.6 is 11.6 Å². The summed E-state index contributed by atoms with van der Waals surface area (Å²) >= 11 is 5.98. The summed E-state index contributed by atoms with van der Waals surface area (Å²) in [6, 6.07) is 7.41. The molecule has 1 aliphatic rings. The van der Waals surface area contributed by atoms with Crippen LogP contribution in [-0.4, -0.2) is 18.2 Å². The number of carbonyl (C=O) groups excluding carboxylic acids is 1. The smallest absolute Gasteiger partial charge is 0.341 e. The fraction of sp³-hybridized carbons (Fsp3) is 0.500. The SMILES string of the molecule is CCOC(=O)C1(CC)OC1(C)c1cccc(Cl)c1. The molecule has 0 aliphatic carbocycles. The molecule has 0 spiro atoms. The monoisotopic (exact) mass is 268 g/mol. The Morgan fingerprint density at radius 2 is 2.17 bits per heavy atom. The Morgan fingerprint density at radius 3 is 2.72 bits per heavy atom. The van der Waals surface area contributed by atoms with Crippen molar-refractivity contribution in [1.29, 1.82) is 0 Å². The molecule has 0 radical (unpaired) electrons. The van der Waals surface area contributed by atoms with Crippen LogP contribution in [0.1, 0.15) is 32.8 Å². The summed E-state index contributed by atoms with van der Waals surface area (Å²) in [4.78, 5) is 12.1. The van der Waals surface area contributed by atoms with Crippen LogP contribution in [-0.2, 0) is 19.9 Å². The normalized spacial score (nSPS) is 30.0. The molecular formula is C14H17ClO3. The second-order valence-corrected chi connectivity index (χ2v) is 4.98. The van der Waals surface area contributed by atoms with Gasteiger partial charge in [0.25, 0.3) is 0 Å². The van der Waals surface area contributed by atoms with Gasteiger partial charge in [0.15, 0.2) is 5.60 Å². The third-order valence-corrected chi connectivity index (χ3v) is 3.82. The summed E-state index contributed by atoms with van der Waals surface area (Å²) in [5, 5.41) is 0.637. The highest BCUT2D eigenvalue weighted by atomic mass is 35.5. The lowest BCUT2D eigenvalue weighted by atomic mass is 9.86. The first-order valence-electron chi connectivity index (χ1n) is 6.13. The van der Waals surface area contributed by atoms with Crippen molar-refractivity contribution in [2.24, 2.45) is 0 Å². The predicted octanol–water partition coefficient (Wildman–Crippen LogP) is 3.30. The number of carbonyl (C=O) groups is 1. The molecule has 0 N–H and O–H groups in total. The van der Waals surface area contributed by atoms with Crippen molar-refractivity contribution in [3.05, 3.63) is 34.9 Å². The molecule has 4 heteroatoms. The average Bonchev–Trinajstić information content (AvgIpc) is 2.98. The molecule has 1 aliphatic heterocycles. The van der Waals surface area contributed by atoms with E-state index in [-0.39, 0.29) is 5.97 Å². The molecule has 1 aromatic rings. The van der Waals surface area contributed by atoms with Crippen molar-refractivity contribution in [2.45, 2.75) is 38.4 Å². The van der Waals surface area contributed by atoms with Crippen molar-refractivity contribution in [3.63, 3.8) is 0 Å². The van der Waals surface area contributed by atoms with Gasteiger partial charge in [-0.3, -0.25) is 0 Å². The zero-order valence-electron chi connectivity index (χ0n) is 10.8. The molecule has 2 unspecified atom stereocenters. The standard InChI is InChI=1S/C14H17ClO3/c1-4-14(12(16)17-5-2)13(3,18-14)10-7-6-8-11(15)9-10/h6-9H,4-5H2,1-3H3. The number of hydrogen-bond acceptors (Lipinski definition) is 3. The quantitative estimate of drug-likeness (QED) is 0.621. The molecular weight excluding hydrogens is 252 g/mol. The fourth-order valence-corrected chi connectivity index (χ4v) is 2.63. The van der Waals surface area contributed by atoms with E-state index in [4.69, 9.17) is 21.1 Å². The molecule has 2 atom stereocenters. The molecule has 2 rings (SSSR count). The van der Waals surface area contributed by atoms with Crippen LogP contribution in [0.5, 0.6) is 0 Å². The summed E-state index contributed by atoms with van der Waals surface area (Å²) in [5.74, 6) is -0.296. The van der Waals surface area contributed by atoms with Crippen LogP contribution in [0.4, 0.5) is 0 Å². The minimum absolute atomic E-state index is 0.296. The van der Waals surface area contributed by atoms with Crippen LogP contribution in [0.15, 0.2) is 24.3 Å². The lowest BCUT2D eigenvalue weighted by Gasteiger charge is -2.14. The zero-order valence-corrected chi connectivity index (χ0v) is 11.6. The van der Waals surface area contributed by atoms with Crippen molar-refractivity contribution < 1.29 is 14.3 Å². The Hall–Kier alpha value is -1.06. The van der Waals surface area contributed by atoms with Gasteiger partial charge in [-0.1, -0.05) is 30.7 Å². The molecule has 1 heterocycles. The Bertz CT molecular complexity index is 474. The van der Waals surface area contributed by atoms with Crippen LogP contribution in [0.2, 0.25) is 5.02 Å². The average molecular weight is 269 g/mol. The number of ether oxygens (including phenoxy) is 2. The highest BCUT2D eigenvalue weighted by Gasteiger charge is 2.72. The van der Waals surface area contributed by atoms with Gasteiger partial charge in [-0.05, 0) is 38.0 Å². The van der Waals surface area contributed by atoms with Crippen molar-refractivity contribution >= 4 is 17.6 Å².